The van der Waals surface area contributed by atoms with Gasteiger partial charge in [0.2, 0.25) is 5.91 Å². The average Bonchev–Trinajstić information content (AvgIpc) is 2.35. The van der Waals surface area contributed by atoms with E-state index in [1.54, 1.807) is 4.90 Å². The number of amides is 1. The van der Waals surface area contributed by atoms with E-state index in [0.29, 0.717) is 25.9 Å². The van der Waals surface area contributed by atoms with Gasteiger partial charge in [-0.2, -0.15) is 0 Å². The van der Waals surface area contributed by atoms with Gasteiger partial charge in [0.15, 0.2) is 0 Å². The van der Waals surface area contributed by atoms with Crippen molar-refractivity contribution in [2.75, 3.05) is 13.1 Å². The molecule has 1 aliphatic heterocycles. The molecule has 108 valence electrons. The molecule has 0 aromatic rings. The molecular formula is C14H24N2O3. The number of aliphatic carboxylic acids is 1. The van der Waals surface area contributed by atoms with E-state index in [2.05, 4.69) is 0 Å². The summed E-state index contributed by atoms with van der Waals surface area (Å²) in [4.78, 5) is 25.7. The molecule has 1 unspecified atom stereocenters. The summed E-state index contributed by atoms with van der Waals surface area (Å²) in [6.07, 6.45) is 5.33. The van der Waals surface area contributed by atoms with Crippen LogP contribution in [0.3, 0.4) is 0 Å². The van der Waals surface area contributed by atoms with E-state index in [0.717, 1.165) is 32.1 Å². The Morgan fingerprint density at radius 3 is 2.42 bits per heavy atom. The highest BCUT2D eigenvalue weighted by Crippen LogP contribution is 2.38. The number of hydrogen-bond donors (Lipinski definition) is 2. The topological polar surface area (TPSA) is 83.6 Å². The van der Waals surface area contributed by atoms with Gasteiger partial charge in [0.05, 0.1) is 11.0 Å². The summed E-state index contributed by atoms with van der Waals surface area (Å²) in [7, 11) is 0. The number of likely N-dealkylation sites (tertiary alicyclic amines) is 1. The molecule has 19 heavy (non-hydrogen) atoms. The summed E-state index contributed by atoms with van der Waals surface area (Å²) < 4.78 is 0. The van der Waals surface area contributed by atoms with Crippen molar-refractivity contribution in [3.05, 3.63) is 0 Å². The van der Waals surface area contributed by atoms with E-state index in [9.17, 15) is 14.7 Å². The molecule has 5 nitrogen and oxygen atoms in total. The second-order valence-electron chi connectivity index (χ2n) is 6.18. The van der Waals surface area contributed by atoms with Gasteiger partial charge in [0.25, 0.3) is 0 Å². The lowest BCUT2D eigenvalue weighted by molar-refractivity contribution is -0.157. The largest absolute Gasteiger partial charge is 0.481 e. The fourth-order valence-corrected chi connectivity index (χ4v) is 3.36. The van der Waals surface area contributed by atoms with Crippen LogP contribution in [0.25, 0.3) is 0 Å². The lowest BCUT2D eigenvalue weighted by Crippen LogP contribution is -2.62. The van der Waals surface area contributed by atoms with Gasteiger partial charge in [-0.25, -0.2) is 0 Å². The fourth-order valence-electron chi connectivity index (χ4n) is 3.36. The molecule has 1 saturated heterocycles. The van der Waals surface area contributed by atoms with Crippen molar-refractivity contribution in [1.82, 2.24) is 4.90 Å². The van der Waals surface area contributed by atoms with Crippen LogP contribution in [0, 0.1) is 5.41 Å². The third-order valence-corrected chi connectivity index (χ3v) is 4.72. The molecule has 1 heterocycles. The van der Waals surface area contributed by atoms with Crippen molar-refractivity contribution in [2.45, 2.75) is 57.4 Å². The van der Waals surface area contributed by atoms with Gasteiger partial charge in [-0.3, -0.25) is 9.59 Å². The molecule has 0 aromatic carbocycles. The number of hydrogen-bond acceptors (Lipinski definition) is 3. The van der Waals surface area contributed by atoms with Crippen LogP contribution in [-0.4, -0.2) is 40.5 Å². The van der Waals surface area contributed by atoms with Gasteiger partial charge in [0, 0.05) is 13.1 Å². The van der Waals surface area contributed by atoms with Crippen LogP contribution in [0.1, 0.15) is 51.9 Å². The molecule has 3 N–H and O–H groups in total. The summed E-state index contributed by atoms with van der Waals surface area (Å²) in [6, 6.07) is 0. The monoisotopic (exact) mass is 268 g/mol. The van der Waals surface area contributed by atoms with Gasteiger partial charge in [-0.05, 0) is 38.5 Å². The number of nitrogens with two attached hydrogens (primary N) is 1. The van der Waals surface area contributed by atoms with Crippen LogP contribution < -0.4 is 5.73 Å². The van der Waals surface area contributed by atoms with Crippen molar-refractivity contribution in [3.8, 4) is 0 Å². The Kier molecular flexibility index (Phi) is 3.85. The van der Waals surface area contributed by atoms with Gasteiger partial charge in [0.1, 0.15) is 0 Å². The summed E-state index contributed by atoms with van der Waals surface area (Å²) in [5, 5.41) is 9.52. The third-order valence-electron chi connectivity index (χ3n) is 4.72. The second-order valence-corrected chi connectivity index (χ2v) is 6.18. The number of rotatable bonds is 4. The Morgan fingerprint density at radius 1 is 1.26 bits per heavy atom. The molecule has 0 spiro atoms. The molecule has 2 aliphatic rings. The highest BCUT2D eigenvalue weighted by atomic mass is 16.4. The number of carboxylic acid groups (broad SMARTS) is 1. The van der Waals surface area contributed by atoms with Gasteiger partial charge >= 0.3 is 5.97 Å². The molecule has 2 fully saturated rings. The number of carbonyl (C=O) groups is 2. The summed E-state index contributed by atoms with van der Waals surface area (Å²) in [6.45, 7) is 2.96. The van der Waals surface area contributed by atoms with Gasteiger partial charge < -0.3 is 15.7 Å². The Bertz CT molecular complexity index is 375. The van der Waals surface area contributed by atoms with Crippen LogP contribution >= 0.6 is 0 Å². The first-order chi connectivity index (χ1) is 8.93. The van der Waals surface area contributed by atoms with E-state index in [1.807, 2.05) is 6.92 Å². The van der Waals surface area contributed by atoms with Gasteiger partial charge in [-0.15, -0.1) is 0 Å². The number of carbonyl (C=O) groups excluding carboxylic acids is 1. The first-order valence-electron chi connectivity index (χ1n) is 7.25. The predicted octanol–water partition coefficient (Wildman–Crippen LogP) is 1.36. The van der Waals surface area contributed by atoms with Crippen molar-refractivity contribution in [3.63, 3.8) is 0 Å². The molecular weight excluding hydrogens is 244 g/mol. The molecule has 1 saturated carbocycles. The predicted molar refractivity (Wildman–Crippen MR) is 71.6 cm³/mol. The SMILES string of the molecule is CCCC1(C(=O)O)CCCN(C(=O)C2(N)CCC2)C1. The maximum absolute atomic E-state index is 12.4. The zero-order valence-electron chi connectivity index (χ0n) is 11.7. The van der Waals surface area contributed by atoms with E-state index in [1.165, 1.54) is 0 Å². The lowest BCUT2D eigenvalue weighted by Gasteiger charge is -2.45. The number of nitrogens with zero attached hydrogens (tertiary/aromatic N) is 1. The molecule has 1 amide bonds. The van der Waals surface area contributed by atoms with E-state index >= 15 is 0 Å². The second kappa shape index (κ2) is 5.12. The van der Waals surface area contributed by atoms with Crippen molar-refractivity contribution >= 4 is 11.9 Å². The number of piperidine rings is 1. The minimum atomic E-state index is -0.772. The van der Waals surface area contributed by atoms with Crippen molar-refractivity contribution in [2.24, 2.45) is 11.1 Å². The smallest absolute Gasteiger partial charge is 0.311 e. The maximum atomic E-state index is 12.4. The van der Waals surface area contributed by atoms with Crippen molar-refractivity contribution in [1.29, 1.82) is 0 Å². The van der Waals surface area contributed by atoms with E-state index in [4.69, 9.17) is 5.73 Å². The zero-order chi connectivity index (χ0) is 14.1. The maximum Gasteiger partial charge on any atom is 0.311 e. The van der Waals surface area contributed by atoms with Crippen LogP contribution in [0.5, 0.6) is 0 Å². The van der Waals surface area contributed by atoms with Crippen LogP contribution in [0.4, 0.5) is 0 Å². The van der Waals surface area contributed by atoms with Crippen LogP contribution in [0.15, 0.2) is 0 Å². The van der Waals surface area contributed by atoms with Crippen molar-refractivity contribution < 1.29 is 14.7 Å². The minimum absolute atomic E-state index is 0.0415. The standard InChI is InChI=1S/C14H24N2O3/c1-2-5-13(12(18)19)6-4-9-16(10-13)11(17)14(15)7-3-8-14/h2-10,15H2,1H3,(H,18,19). The fraction of sp³-hybridized carbons (Fsp3) is 0.857. The Balaban J connectivity index is 2.11. The average molecular weight is 268 g/mol. The minimum Gasteiger partial charge on any atom is -0.481 e. The Hall–Kier alpha value is -1.10. The molecule has 1 atom stereocenters. The number of carboxylic acids is 1. The normalized spacial score (nSPS) is 29.7. The zero-order valence-corrected chi connectivity index (χ0v) is 11.7. The summed E-state index contributed by atoms with van der Waals surface area (Å²) in [5.74, 6) is -0.813. The highest BCUT2D eigenvalue weighted by Gasteiger charge is 2.48. The summed E-state index contributed by atoms with van der Waals surface area (Å²) >= 11 is 0. The molecule has 0 radical (unpaired) electrons. The van der Waals surface area contributed by atoms with Gasteiger partial charge in [-0.1, -0.05) is 13.3 Å². The molecule has 2 rings (SSSR count). The quantitative estimate of drug-likeness (QED) is 0.806. The van der Waals surface area contributed by atoms with E-state index < -0.39 is 16.9 Å². The van der Waals surface area contributed by atoms with Crippen LogP contribution in [-0.2, 0) is 9.59 Å². The highest BCUT2D eigenvalue weighted by molar-refractivity contribution is 5.88. The Morgan fingerprint density at radius 2 is 1.95 bits per heavy atom. The molecule has 0 bridgehead atoms. The lowest BCUT2D eigenvalue weighted by atomic mass is 9.73. The molecule has 5 heteroatoms. The van der Waals surface area contributed by atoms with E-state index in [-0.39, 0.29) is 5.91 Å². The molecule has 0 aromatic heterocycles. The Labute approximate surface area is 114 Å². The first kappa shape index (κ1) is 14.3. The van der Waals surface area contributed by atoms with Crippen LogP contribution in [0.2, 0.25) is 0 Å². The first-order valence-corrected chi connectivity index (χ1v) is 7.25. The summed E-state index contributed by atoms with van der Waals surface area (Å²) in [5.41, 5.74) is 4.60. The third kappa shape index (κ3) is 2.48. The molecule has 1 aliphatic carbocycles.